The summed E-state index contributed by atoms with van der Waals surface area (Å²) in [4.78, 5) is 6.86. The van der Waals surface area contributed by atoms with Crippen molar-refractivity contribution >= 4 is 16.7 Å². The van der Waals surface area contributed by atoms with E-state index >= 15 is 0 Å². The van der Waals surface area contributed by atoms with E-state index in [1.54, 1.807) is 0 Å². The normalized spacial score (nSPS) is 26.1. The average Bonchev–Trinajstić information content (AvgIpc) is 3.07. The van der Waals surface area contributed by atoms with E-state index in [-0.39, 0.29) is 12.6 Å². The van der Waals surface area contributed by atoms with E-state index in [4.69, 9.17) is 0 Å². The Hall–Kier alpha value is -0.680. The third-order valence-corrected chi connectivity index (χ3v) is 4.22. The van der Waals surface area contributed by atoms with Gasteiger partial charge in [-0.05, 0) is 32.1 Å². The molecule has 2 aliphatic rings. The maximum Gasteiger partial charge on any atom is 0.205 e. The standard InChI is InChI=1S/C11H17N3OS/c15-7-9-3-1-2-6-14(9)11-12-10(13-16-11)8-4-5-8/h8-9,15H,1-7H2. The molecule has 1 aliphatic heterocycles. The van der Waals surface area contributed by atoms with Crippen LogP contribution in [0.25, 0.3) is 0 Å². The maximum atomic E-state index is 9.37. The van der Waals surface area contributed by atoms with E-state index in [0.717, 1.165) is 23.9 Å². The molecule has 3 rings (SSSR count). The van der Waals surface area contributed by atoms with Crippen LogP contribution in [0.2, 0.25) is 0 Å². The molecule has 88 valence electrons. The zero-order valence-electron chi connectivity index (χ0n) is 9.30. The Labute approximate surface area is 99.5 Å². The summed E-state index contributed by atoms with van der Waals surface area (Å²) in [5, 5.41) is 10.4. The van der Waals surface area contributed by atoms with Crippen LogP contribution in [-0.2, 0) is 0 Å². The van der Waals surface area contributed by atoms with Crippen LogP contribution in [0, 0.1) is 0 Å². The van der Waals surface area contributed by atoms with Crippen molar-refractivity contribution in [2.24, 2.45) is 0 Å². The highest BCUT2D eigenvalue weighted by Crippen LogP contribution is 2.40. The van der Waals surface area contributed by atoms with Gasteiger partial charge in [0.25, 0.3) is 0 Å². The van der Waals surface area contributed by atoms with Crippen molar-refractivity contribution in [3.05, 3.63) is 5.82 Å². The van der Waals surface area contributed by atoms with Crippen molar-refractivity contribution in [2.75, 3.05) is 18.1 Å². The van der Waals surface area contributed by atoms with Crippen molar-refractivity contribution in [3.8, 4) is 0 Å². The fourth-order valence-corrected chi connectivity index (χ4v) is 3.14. The molecule has 2 heterocycles. The van der Waals surface area contributed by atoms with Gasteiger partial charge in [-0.2, -0.15) is 4.37 Å². The lowest BCUT2D eigenvalue weighted by Crippen LogP contribution is -2.41. The molecule has 1 aromatic heterocycles. The predicted octanol–water partition coefficient (Wildman–Crippen LogP) is 1.77. The summed E-state index contributed by atoms with van der Waals surface area (Å²) in [5.74, 6) is 1.66. The first-order chi connectivity index (χ1) is 7.88. The van der Waals surface area contributed by atoms with Gasteiger partial charge in [-0.25, -0.2) is 4.98 Å². The van der Waals surface area contributed by atoms with Gasteiger partial charge in [-0.3, -0.25) is 0 Å². The molecule has 1 aliphatic carbocycles. The molecule has 0 amide bonds. The highest BCUT2D eigenvalue weighted by atomic mass is 32.1. The Morgan fingerprint density at radius 2 is 2.19 bits per heavy atom. The molecule has 5 heteroatoms. The molecule has 0 spiro atoms. The van der Waals surface area contributed by atoms with Crippen LogP contribution in [0.5, 0.6) is 0 Å². The first kappa shape index (κ1) is 10.5. The van der Waals surface area contributed by atoms with Gasteiger partial charge in [0, 0.05) is 24.0 Å². The maximum absolute atomic E-state index is 9.37. The summed E-state index contributed by atoms with van der Waals surface area (Å²) in [6.07, 6.45) is 6.00. The Kier molecular flexibility index (Phi) is 2.81. The Bertz CT molecular complexity index is 364. The molecule has 1 atom stereocenters. The van der Waals surface area contributed by atoms with E-state index < -0.39 is 0 Å². The van der Waals surface area contributed by atoms with Gasteiger partial charge in [0.2, 0.25) is 5.13 Å². The Morgan fingerprint density at radius 1 is 1.31 bits per heavy atom. The van der Waals surface area contributed by atoms with Crippen LogP contribution in [0.15, 0.2) is 0 Å². The molecule has 1 saturated heterocycles. The van der Waals surface area contributed by atoms with Gasteiger partial charge in [0.15, 0.2) is 0 Å². The van der Waals surface area contributed by atoms with Crippen LogP contribution in [-0.4, -0.2) is 33.7 Å². The fourth-order valence-electron chi connectivity index (χ4n) is 2.29. The topological polar surface area (TPSA) is 49.2 Å². The summed E-state index contributed by atoms with van der Waals surface area (Å²) >= 11 is 1.50. The summed E-state index contributed by atoms with van der Waals surface area (Å²) < 4.78 is 4.43. The molecule has 0 aromatic carbocycles. The minimum absolute atomic E-state index is 0.234. The van der Waals surface area contributed by atoms with Gasteiger partial charge in [0.05, 0.1) is 12.6 Å². The third-order valence-electron chi connectivity index (χ3n) is 3.46. The van der Waals surface area contributed by atoms with Crippen molar-refractivity contribution < 1.29 is 5.11 Å². The predicted molar refractivity (Wildman–Crippen MR) is 64.0 cm³/mol. The average molecular weight is 239 g/mol. The molecule has 1 unspecified atom stereocenters. The molecule has 2 fully saturated rings. The molecule has 1 saturated carbocycles. The highest BCUT2D eigenvalue weighted by molar-refractivity contribution is 7.09. The van der Waals surface area contributed by atoms with Crippen LogP contribution in [0.3, 0.4) is 0 Å². The van der Waals surface area contributed by atoms with Crippen molar-refractivity contribution in [2.45, 2.75) is 44.1 Å². The van der Waals surface area contributed by atoms with E-state index in [1.807, 2.05) is 0 Å². The number of aliphatic hydroxyl groups is 1. The first-order valence-electron chi connectivity index (χ1n) is 6.09. The molecular formula is C11H17N3OS. The van der Waals surface area contributed by atoms with Gasteiger partial charge < -0.3 is 10.0 Å². The number of piperidine rings is 1. The molecular weight excluding hydrogens is 222 g/mol. The monoisotopic (exact) mass is 239 g/mol. The number of anilines is 1. The first-order valence-corrected chi connectivity index (χ1v) is 6.87. The van der Waals surface area contributed by atoms with E-state index in [9.17, 15) is 5.11 Å². The second-order valence-electron chi connectivity index (χ2n) is 4.73. The SMILES string of the molecule is OCC1CCCCN1c1nc(C2CC2)ns1. The number of aromatic nitrogens is 2. The van der Waals surface area contributed by atoms with Crippen LogP contribution in [0.4, 0.5) is 5.13 Å². The smallest absolute Gasteiger partial charge is 0.205 e. The molecule has 1 aromatic rings. The second kappa shape index (κ2) is 4.30. The van der Waals surface area contributed by atoms with Crippen LogP contribution < -0.4 is 4.90 Å². The van der Waals surface area contributed by atoms with Crippen LogP contribution >= 0.6 is 11.5 Å². The summed E-state index contributed by atoms with van der Waals surface area (Å²) in [7, 11) is 0. The fraction of sp³-hybridized carbons (Fsp3) is 0.818. The zero-order valence-corrected chi connectivity index (χ0v) is 10.1. The number of hydrogen-bond donors (Lipinski definition) is 1. The minimum atomic E-state index is 0.234. The largest absolute Gasteiger partial charge is 0.394 e. The van der Waals surface area contributed by atoms with Crippen molar-refractivity contribution in [3.63, 3.8) is 0 Å². The van der Waals surface area contributed by atoms with E-state index in [1.165, 1.54) is 37.2 Å². The summed E-state index contributed by atoms with van der Waals surface area (Å²) in [6, 6.07) is 0.258. The van der Waals surface area contributed by atoms with Gasteiger partial charge in [-0.1, -0.05) is 0 Å². The Balaban J connectivity index is 1.77. The molecule has 0 radical (unpaired) electrons. The lowest BCUT2D eigenvalue weighted by molar-refractivity contribution is 0.240. The summed E-state index contributed by atoms with van der Waals surface area (Å²) in [6.45, 7) is 1.25. The molecule has 16 heavy (non-hydrogen) atoms. The van der Waals surface area contributed by atoms with Crippen molar-refractivity contribution in [1.82, 2.24) is 9.36 Å². The lowest BCUT2D eigenvalue weighted by atomic mass is 10.0. The number of aliphatic hydroxyl groups excluding tert-OH is 1. The quantitative estimate of drug-likeness (QED) is 0.873. The number of rotatable bonds is 3. The Morgan fingerprint density at radius 3 is 2.94 bits per heavy atom. The molecule has 1 N–H and O–H groups in total. The zero-order chi connectivity index (χ0) is 11.0. The lowest BCUT2D eigenvalue weighted by Gasteiger charge is -2.33. The minimum Gasteiger partial charge on any atom is -0.394 e. The van der Waals surface area contributed by atoms with Crippen molar-refractivity contribution in [1.29, 1.82) is 0 Å². The highest BCUT2D eigenvalue weighted by Gasteiger charge is 2.30. The molecule has 4 nitrogen and oxygen atoms in total. The van der Waals surface area contributed by atoms with E-state index in [0.29, 0.717) is 5.92 Å². The summed E-state index contributed by atoms with van der Waals surface area (Å²) in [5.41, 5.74) is 0. The van der Waals surface area contributed by atoms with Crippen LogP contribution in [0.1, 0.15) is 43.8 Å². The van der Waals surface area contributed by atoms with E-state index in [2.05, 4.69) is 14.3 Å². The molecule has 0 bridgehead atoms. The van der Waals surface area contributed by atoms with Gasteiger partial charge in [0.1, 0.15) is 5.82 Å². The second-order valence-corrected chi connectivity index (χ2v) is 5.47. The third kappa shape index (κ3) is 1.94. The van der Waals surface area contributed by atoms with Gasteiger partial charge in [-0.15, -0.1) is 0 Å². The number of hydrogen-bond acceptors (Lipinski definition) is 5. The number of nitrogens with zero attached hydrogens (tertiary/aromatic N) is 3. The van der Waals surface area contributed by atoms with Gasteiger partial charge >= 0.3 is 0 Å².